The molecule has 0 atom stereocenters. The molecule has 1 N–H and O–H groups in total. The van der Waals surface area contributed by atoms with Gasteiger partial charge in [0.1, 0.15) is 5.69 Å². The molecule has 138 valence electrons. The summed E-state index contributed by atoms with van der Waals surface area (Å²) in [5, 5.41) is 6.87. The normalized spacial score (nSPS) is 15.8. The van der Waals surface area contributed by atoms with Gasteiger partial charge in [0.05, 0.1) is 0 Å². The van der Waals surface area contributed by atoms with Crippen molar-refractivity contribution < 1.29 is 13.6 Å². The molecule has 0 bridgehead atoms. The Bertz CT molecular complexity index is 861. The molecule has 1 amide bonds. The van der Waals surface area contributed by atoms with Crippen LogP contribution in [0, 0.1) is 11.6 Å². The van der Waals surface area contributed by atoms with Crippen molar-refractivity contribution in [3.8, 4) is 0 Å². The number of hydrogen-bond acceptors (Lipinski definition) is 4. The molecule has 1 aromatic carbocycles. The average molecular weight is 362 g/mol. The van der Waals surface area contributed by atoms with E-state index in [1.807, 2.05) is 0 Å². The van der Waals surface area contributed by atoms with Crippen LogP contribution in [-0.2, 0) is 13.6 Å². The van der Waals surface area contributed by atoms with Crippen molar-refractivity contribution in [3.63, 3.8) is 0 Å². The number of nitrogens with one attached hydrogen (secondary N) is 1. The second kappa shape index (κ2) is 7.74. The zero-order chi connectivity index (χ0) is 18.7. The Balaban J connectivity index is 1.51. The minimum Gasteiger partial charge on any atom is -0.348 e. The SMILES string of the molecule is Cn1nc(C(=O)NC2CCN(Cc3ccc(F)c(F)c3)CC2)ccc1=O. The third-order valence-corrected chi connectivity index (χ3v) is 4.51. The summed E-state index contributed by atoms with van der Waals surface area (Å²) in [6, 6.07) is 6.68. The van der Waals surface area contributed by atoms with Gasteiger partial charge in [0.15, 0.2) is 11.6 Å². The van der Waals surface area contributed by atoms with E-state index in [0.717, 1.165) is 42.2 Å². The van der Waals surface area contributed by atoms with E-state index in [-0.39, 0.29) is 23.2 Å². The van der Waals surface area contributed by atoms with Crippen LogP contribution in [0.1, 0.15) is 28.9 Å². The second-order valence-electron chi connectivity index (χ2n) is 6.45. The summed E-state index contributed by atoms with van der Waals surface area (Å²) < 4.78 is 27.4. The highest BCUT2D eigenvalue weighted by atomic mass is 19.2. The molecule has 8 heteroatoms. The summed E-state index contributed by atoms with van der Waals surface area (Å²) in [5.41, 5.74) is 0.657. The van der Waals surface area contributed by atoms with Crippen molar-refractivity contribution >= 4 is 5.91 Å². The summed E-state index contributed by atoms with van der Waals surface area (Å²) >= 11 is 0. The monoisotopic (exact) mass is 362 g/mol. The molecule has 1 saturated heterocycles. The molecule has 1 aliphatic heterocycles. The van der Waals surface area contributed by atoms with E-state index in [1.54, 1.807) is 6.07 Å². The van der Waals surface area contributed by atoms with E-state index in [4.69, 9.17) is 0 Å². The molecule has 1 fully saturated rings. The maximum absolute atomic E-state index is 13.3. The van der Waals surface area contributed by atoms with Crippen molar-refractivity contribution in [1.29, 1.82) is 0 Å². The largest absolute Gasteiger partial charge is 0.348 e. The van der Waals surface area contributed by atoms with E-state index in [0.29, 0.717) is 6.54 Å². The van der Waals surface area contributed by atoms with Gasteiger partial charge in [-0.15, -0.1) is 0 Å². The molecule has 0 radical (unpaired) electrons. The fraction of sp³-hybridized carbons (Fsp3) is 0.389. The molecule has 1 aromatic heterocycles. The molecule has 0 aliphatic carbocycles. The minimum absolute atomic E-state index is 0.0164. The zero-order valence-electron chi connectivity index (χ0n) is 14.4. The lowest BCUT2D eigenvalue weighted by Gasteiger charge is -2.32. The standard InChI is InChI=1S/C18H20F2N4O2/c1-23-17(25)5-4-16(22-23)18(26)21-13-6-8-24(9-7-13)11-12-2-3-14(19)15(20)10-12/h2-5,10,13H,6-9,11H2,1H3,(H,21,26). The first kappa shape index (κ1) is 18.2. The first-order valence-corrected chi connectivity index (χ1v) is 8.44. The summed E-state index contributed by atoms with van der Waals surface area (Å²) in [5.74, 6) is -1.99. The van der Waals surface area contributed by atoms with Crippen LogP contribution in [-0.4, -0.2) is 39.7 Å². The van der Waals surface area contributed by atoms with Crippen LogP contribution in [0.2, 0.25) is 0 Å². The molecule has 6 nitrogen and oxygen atoms in total. The number of hydrogen-bond donors (Lipinski definition) is 1. The molecule has 0 unspecified atom stereocenters. The number of piperidine rings is 1. The fourth-order valence-electron chi connectivity index (χ4n) is 3.01. The Morgan fingerprint density at radius 1 is 1.19 bits per heavy atom. The van der Waals surface area contributed by atoms with Gasteiger partial charge >= 0.3 is 0 Å². The highest BCUT2D eigenvalue weighted by Gasteiger charge is 2.22. The number of carbonyl (C=O) groups is 1. The number of halogens is 2. The molecule has 0 spiro atoms. The van der Waals surface area contributed by atoms with Gasteiger partial charge in [-0.25, -0.2) is 13.5 Å². The molecular weight excluding hydrogens is 342 g/mol. The lowest BCUT2D eigenvalue weighted by atomic mass is 10.0. The first-order chi connectivity index (χ1) is 12.4. The van der Waals surface area contributed by atoms with Crippen LogP contribution < -0.4 is 10.9 Å². The van der Waals surface area contributed by atoms with Crippen molar-refractivity contribution in [2.45, 2.75) is 25.4 Å². The van der Waals surface area contributed by atoms with Crippen LogP contribution >= 0.6 is 0 Å². The molecule has 2 heterocycles. The lowest BCUT2D eigenvalue weighted by Crippen LogP contribution is -2.44. The smallest absolute Gasteiger partial charge is 0.271 e. The van der Waals surface area contributed by atoms with Crippen molar-refractivity contribution in [2.75, 3.05) is 13.1 Å². The summed E-state index contributed by atoms with van der Waals surface area (Å²) in [7, 11) is 1.50. The van der Waals surface area contributed by atoms with Crippen LogP contribution in [0.4, 0.5) is 8.78 Å². The van der Waals surface area contributed by atoms with E-state index < -0.39 is 11.6 Å². The van der Waals surface area contributed by atoms with Crippen LogP contribution in [0.15, 0.2) is 35.1 Å². The third-order valence-electron chi connectivity index (χ3n) is 4.51. The number of amides is 1. The van der Waals surface area contributed by atoms with E-state index in [9.17, 15) is 18.4 Å². The number of rotatable bonds is 4. The van der Waals surface area contributed by atoms with Gasteiger partial charge in [-0.3, -0.25) is 14.5 Å². The Hall–Kier alpha value is -2.61. The van der Waals surface area contributed by atoms with Gasteiger partial charge in [0.2, 0.25) is 0 Å². The van der Waals surface area contributed by atoms with Crippen molar-refractivity contribution in [2.24, 2.45) is 7.05 Å². The lowest BCUT2D eigenvalue weighted by molar-refractivity contribution is 0.0901. The van der Waals surface area contributed by atoms with Gasteiger partial charge in [-0.1, -0.05) is 6.07 Å². The number of nitrogens with zero attached hydrogens (tertiary/aromatic N) is 3. The van der Waals surface area contributed by atoms with Crippen LogP contribution in [0.25, 0.3) is 0 Å². The summed E-state index contributed by atoms with van der Waals surface area (Å²) in [6.45, 7) is 2.02. The highest BCUT2D eigenvalue weighted by Crippen LogP contribution is 2.16. The number of aryl methyl sites for hydroxylation is 1. The minimum atomic E-state index is -0.845. The summed E-state index contributed by atoms with van der Waals surface area (Å²) in [4.78, 5) is 25.7. The molecular formula is C18H20F2N4O2. The van der Waals surface area contributed by atoms with Gasteiger partial charge in [-0.05, 0) is 36.6 Å². The molecule has 26 heavy (non-hydrogen) atoms. The van der Waals surface area contributed by atoms with E-state index in [2.05, 4.69) is 15.3 Å². The van der Waals surface area contributed by atoms with Gasteiger partial charge < -0.3 is 5.32 Å². The van der Waals surface area contributed by atoms with Gasteiger partial charge in [-0.2, -0.15) is 5.10 Å². The Morgan fingerprint density at radius 2 is 1.92 bits per heavy atom. The third kappa shape index (κ3) is 4.32. The number of aromatic nitrogens is 2. The number of likely N-dealkylation sites (tertiary alicyclic amines) is 1. The fourth-order valence-corrected chi connectivity index (χ4v) is 3.01. The molecule has 1 aliphatic rings. The molecule has 2 aromatic rings. The zero-order valence-corrected chi connectivity index (χ0v) is 14.4. The quantitative estimate of drug-likeness (QED) is 0.894. The predicted molar refractivity (Wildman–Crippen MR) is 91.6 cm³/mol. The second-order valence-corrected chi connectivity index (χ2v) is 6.45. The van der Waals surface area contributed by atoms with Gasteiger partial charge in [0, 0.05) is 38.8 Å². The van der Waals surface area contributed by atoms with E-state index in [1.165, 1.54) is 25.2 Å². The Labute approximate surface area is 149 Å². The van der Waals surface area contributed by atoms with Crippen LogP contribution in [0.3, 0.4) is 0 Å². The Kier molecular flexibility index (Phi) is 5.41. The number of benzene rings is 1. The summed E-state index contributed by atoms with van der Waals surface area (Å²) in [6.07, 6.45) is 1.50. The van der Waals surface area contributed by atoms with Crippen LogP contribution in [0.5, 0.6) is 0 Å². The van der Waals surface area contributed by atoms with Gasteiger partial charge in [0.25, 0.3) is 11.5 Å². The first-order valence-electron chi connectivity index (χ1n) is 8.44. The topological polar surface area (TPSA) is 67.2 Å². The Morgan fingerprint density at radius 3 is 2.58 bits per heavy atom. The maximum Gasteiger partial charge on any atom is 0.271 e. The highest BCUT2D eigenvalue weighted by molar-refractivity contribution is 5.92. The van der Waals surface area contributed by atoms with Crippen molar-refractivity contribution in [3.05, 3.63) is 63.6 Å². The maximum atomic E-state index is 13.3. The van der Waals surface area contributed by atoms with Crippen molar-refractivity contribution in [1.82, 2.24) is 20.0 Å². The molecule has 3 rings (SSSR count). The van der Waals surface area contributed by atoms with E-state index >= 15 is 0 Å². The molecule has 0 saturated carbocycles. The number of carbonyl (C=O) groups excluding carboxylic acids is 1. The predicted octanol–water partition coefficient (Wildman–Crippen LogP) is 1.45. The average Bonchev–Trinajstić information content (AvgIpc) is 2.62.